The summed E-state index contributed by atoms with van der Waals surface area (Å²) >= 11 is 6.08. The van der Waals surface area contributed by atoms with Crippen molar-refractivity contribution in [1.82, 2.24) is 10.1 Å². The van der Waals surface area contributed by atoms with Crippen molar-refractivity contribution in [2.75, 3.05) is 27.3 Å². The van der Waals surface area contributed by atoms with E-state index >= 15 is 0 Å². The van der Waals surface area contributed by atoms with Gasteiger partial charge in [0.05, 0.1) is 18.9 Å². The van der Waals surface area contributed by atoms with Gasteiger partial charge < -0.3 is 18.9 Å². The number of nitrogens with zero attached hydrogens (tertiary/aromatic N) is 2. The lowest BCUT2D eigenvalue weighted by Gasteiger charge is -2.16. The Hall–Kier alpha value is -2.05. The number of rotatable bonds is 5. The highest BCUT2D eigenvalue weighted by Crippen LogP contribution is 2.27. The summed E-state index contributed by atoms with van der Waals surface area (Å²) in [4.78, 5) is 14.6. The lowest BCUT2D eigenvalue weighted by molar-refractivity contribution is 0.0672. The first-order valence-electron chi connectivity index (χ1n) is 8.09. The minimum atomic E-state index is -0.0842. The van der Waals surface area contributed by atoms with Crippen LogP contribution in [0.5, 0.6) is 5.75 Å². The van der Waals surface area contributed by atoms with E-state index in [1.165, 1.54) is 0 Å². The van der Waals surface area contributed by atoms with Gasteiger partial charge in [0.2, 0.25) is 0 Å². The zero-order valence-corrected chi connectivity index (χ0v) is 15.2. The number of carbonyl (C=O) groups is 1. The van der Waals surface area contributed by atoms with Crippen molar-refractivity contribution in [3.05, 3.63) is 46.3 Å². The molecule has 3 rings (SSSR count). The van der Waals surface area contributed by atoms with Gasteiger partial charge in [-0.1, -0.05) is 16.8 Å². The van der Waals surface area contributed by atoms with E-state index in [1.54, 1.807) is 37.3 Å². The molecular formula is C18H21ClN2O4. The van der Waals surface area contributed by atoms with Gasteiger partial charge >= 0.3 is 0 Å². The van der Waals surface area contributed by atoms with Crippen LogP contribution in [0.2, 0.25) is 5.02 Å². The second-order valence-corrected chi connectivity index (χ2v) is 6.70. The van der Waals surface area contributed by atoms with E-state index in [0.29, 0.717) is 35.8 Å². The number of benzene rings is 1. The van der Waals surface area contributed by atoms with Crippen LogP contribution in [-0.4, -0.2) is 49.4 Å². The molecule has 0 spiro atoms. The van der Waals surface area contributed by atoms with Crippen LogP contribution < -0.4 is 4.74 Å². The molecule has 2 heterocycles. The molecule has 7 heteroatoms. The standard InChI is InChI=1S/C18H21ClN2O4/c1-11-4-16(25-20-11)7-13-9-21(10-17(13)24-3)18(22)12-5-14(19)8-15(6-12)23-2/h4-6,8,13,17H,7,9-10H2,1-3H3. The second-order valence-electron chi connectivity index (χ2n) is 6.26. The van der Waals surface area contributed by atoms with Crippen LogP contribution >= 0.6 is 11.6 Å². The third-order valence-corrected chi connectivity index (χ3v) is 4.68. The summed E-state index contributed by atoms with van der Waals surface area (Å²) in [5.41, 5.74) is 1.36. The summed E-state index contributed by atoms with van der Waals surface area (Å²) in [6, 6.07) is 6.94. The van der Waals surface area contributed by atoms with Gasteiger partial charge in [-0.25, -0.2) is 0 Å². The Morgan fingerprint density at radius 2 is 2.12 bits per heavy atom. The Morgan fingerprint density at radius 1 is 1.32 bits per heavy atom. The second kappa shape index (κ2) is 7.45. The number of aromatic nitrogens is 1. The van der Waals surface area contributed by atoms with Gasteiger partial charge in [-0.2, -0.15) is 0 Å². The fourth-order valence-electron chi connectivity index (χ4n) is 3.23. The molecule has 25 heavy (non-hydrogen) atoms. The largest absolute Gasteiger partial charge is 0.497 e. The van der Waals surface area contributed by atoms with E-state index in [0.717, 1.165) is 11.5 Å². The Balaban J connectivity index is 1.74. The van der Waals surface area contributed by atoms with Crippen molar-refractivity contribution < 1.29 is 18.8 Å². The van der Waals surface area contributed by atoms with E-state index in [2.05, 4.69) is 5.16 Å². The molecule has 0 saturated carbocycles. The van der Waals surface area contributed by atoms with Gasteiger partial charge in [-0.3, -0.25) is 4.79 Å². The predicted molar refractivity (Wildman–Crippen MR) is 93.1 cm³/mol. The third kappa shape index (κ3) is 3.96. The first-order valence-corrected chi connectivity index (χ1v) is 8.46. The summed E-state index contributed by atoms with van der Waals surface area (Å²) in [6.45, 7) is 3.01. The molecule has 134 valence electrons. The monoisotopic (exact) mass is 364 g/mol. The SMILES string of the molecule is COc1cc(Cl)cc(C(=O)N2CC(Cc3cc(C)no3)C(OC)C2)c1. The van der Waals surface area contributed by atoms with Crippen molar-refractivity contribution in [2.24, 2.45) is 5.92 Å². The van der Waals surface area contributed by atoms with E-state index in [1.807, 2.05) is 13.0 Å². The van der Waals surface area contributed by atoms with Crippen molar-refractivity contribution in [1.29, 1.82) is 0 Å². The minimum Gasteiger partial charge on any atom is -0.497 e. The van der Waals surface area contributed by atoms with Gasteiger partial charge in [-0.05, 0) is 25.1 Å². The number of halogens is 1. The zero-order chi connectivity index (χ0) is 18.0. The average Bonchev–Trinajstić information content (AvgIpc) is 3.19. The molecule has 1 aliphatic heterocycles. The maximum absolute atomic E-state index is 12.9. The highest BCUT2D eigenvalue weighted by atomic mass is 35.5. The fraction of sp³-hybridized carbons (Fsp3) is 0.444. The molecule has 2 atom stereocenters. The van der Waals surface area contributed by atoms with Crippen LogP contribution in [0.15, 0.2) is 28.8 Å². The summed E-state index contributed by atoms with van der Waals surface area (Å²) < 4.78 is 16.1. The number of aryl methyl sites for hydroxylation is 1. The number of carbonyl (C=O) groups excluding carboxylic acids is 1. The van der Waals surface area contributed by atoms with Gasteiger partial charge in [-0.15, -0.1) is 0 Å². The number of amides is 1. The van der Waals surface area contributed by atoms with Gasteiger partial charge in [0.15, 0.2) is 0 Å². The quantitative estimate of drug-likeness (QED) is 0.816. The van der Waals surface area contributed by atoms with Gasteiger partial charge in [0.25, 0.3) is 5.91 Å². The lowest BCUT2D eigenvalue weighted by Crippen LogP contribution is -2.29. The molecule has 6 nitrogen and oxygen atoms in total. The summed E-state index contributed by atoms with van der Waals surface area (Å²) in [5, 5.41) is 4.39. The first-order chi connectivity index (χ1) is 12.0. The molecule has 0 radical (unpaired) electrons. The first kappa shape index (κ1) is 17.8. The summed E-state index contributed by atoms with van der Waals surface area (Å²) in [7, 11) is 3.21. The van der Waals surface area contributed by atoms with Crippen molar-refractivity contribution in [3.63, 3.8) is 0 Å². The van der Waals surface area contributed by atoms with Crippen LogP contribution in [0.4, 0.5) is 0 Å². The van der Waals surface area contributed by atoms with E-state index in [-0.39, 0.29) is 17.9 Å². The third-order valence-electron chi connectivity index (χ3n) is 4.47. The van der Waals surface area contributed by atoms with Crippen molar-refractivity contribution in [2.45, 2.75) is 19.4 Å². The van der Waals surface area contributed by atoms with E-state index in [9.17, 15) is 4.79 Å². The molecule has 1 amide bonds. The molecule has 0 N–H and O–H groups in total. The minimum absolute atomic E-state index is 0.0459. The van der Waals surface area contributed by atoms with Crippen LogP contribution in [0.25, 0.3) is 0 Å². The molecule has 1 aromatic heterocycles. The molecular weight excluding hydrogens is 344 g/mol. The maximum atomic E-state index is 12.9. The highest BCUT2D eigenvalue weighted by molar-refractivity contribution is 6.31. The van der Waals surface area contributed by atoms with Crippen LogP contribution in [0.3, 0.4) is 0 Å². The van der Waals surface area contributed by atoms with Gasteiger partial charge in [0.1, 0.15) is 11.5 Å². The number of likely N-dealkylation sites (tertiary alicyclic amines) is 1. The molecule has 2 aromatic rings. The summed E-state index contributed by atoms with van der Waals surface area (Å²) in [6.07, 6.45) is 0.637. The smallest absolute Gasteiger partial charge is 0.254 e. The van der Waals surface area contributed by atoms with Gasteiger partial charge in [0, 0.05) is 49.2 Å². The van der Waals surface area contributed by atoms with E-state index < -0.39 is 0 Å². The van der Waals surface area contributed by atoms with Crippen LogP contribution in [0.1, 0.15) is 21.8 Å². The van der Waals surface area contributed by atoms with Crippen molar-refractivity contribution in [3.8, 4) is 5.75 Å². The lowest BCUT2D eigenvalue weighted by atomic mass is 10.0. The Kier molecular flexibility index (Phi) is 5.30. The van der Waals surface area contributed by atoms with Crippen molar-refractivity contribution >= 4 is 17.5 Å². The zero-order valence-electron chi connectivity index (χ0n) is 14.5. The molecule has 1 aromatic carbocycles. The van der Waals surface area contributed by atoms with E-state index in [4.69, 9.17) is 25.6 Å². The topological polar surface area (TPSA) is 64.8 Å². The fourth-order valence-corrected chi connectivity index (χ4v) is 3.45. The number of hydrogen-bond donors (Lipinski definition) is 0. The summed E-state index contributed by atoms with van der Waals surface area (Å²) in [5.74, 6) is 1.44. The highest BCUT2D eigenvalue weighted by Gasteiger charge is 2.36. The Morgan fingerprint density at radius 3 is 2.76 bits per heavy atom. The Labute approximate surface area is 151 Å². The molecule has 1 fully saturated rings. The van der Waals surface area contributed by atoms with Crippen LogP contribution in [0, 0.1) is 12.8 Å². The molecule has 0 bridgehead atoms. The Bertz CT molecular complexity index is 761. The molecule has 1 aliphatic rings. The normalized spacial score (nSPS) is 20.1. The molecule has 0 aliphatic carbocycles. The number of hydrogen-bond acceptors (Lipinski definition) is 5. The molecule has 2 unspecified atom stereocenters. The van der Waals surface area contributed by atoms with Crippen LogP contribution in [-0.2, 0) is 11.2 Å². The maximum Gasteiger partial charge on any atom is 0.254 e. The predicted octanol–water partition coefficient (Wildman–Crippen LogP) is 2.97. The number of methoxy groups -OCH3 is 2. The molecule has 1 saturated heterocycles. The average molecular weight is 365 g/mol. The number of ether oxygens (including phenoxy) is 2.